The van der Waals surface area contributed by atoms with Gasteiger partial charge < -0.3 is 4.57 Å². The molecule has 5 heteroatoms. The zero-order valence-electron chi connectivity index (χ0n) is 28.2. The SMILES string of the molecule is C1=Cc2c(c3ccc4c5ccccc5n(-c5nc(-c6ccc7ccccc7c6)nc(-c6ccc7ccccc7c6)n5)c4c3n2-c2ccccc2)CC1. The summed E-state index contributed by atoms with van der Waals surface area (Å²) in [6, 6.07) is 53.7. The lowest BCUT2D eigenvalue weighted by atomic mass is 10.00. The second kappa shape index (κ2) is 11.3. The molecule has 5 nitrogen and oxygen atoms in total. The highest BCUT2D eigenvalue weighted by atomic mass is 15.2. The summed E-state index contributed by atoms with van der Waals surface area (Å²) < 4.78 is 4.71. The van der Waals surface area contributed by atoms with Crippen molar-refractivity contribution in [3.63, 3.8) is 0 Å². The summed E-state index contributed by atoms with van der Waals surface area (Å²) >= 11 is 0. The van der Waals surface area contributed by atoms with Crippen molar-refractivity contribution in [1.82, 2.24) is 24.1 Å². The molecule has 11 rings (SSSR count). The zero-order valence-corrected chi connectivity index (χ0v) is 28.2. The zero-order chi connectivity index (χ0) is 34.2. The molecular formula is C47H31N5. The first-order valence-electron chi connectivity index (χ1n) is 17.8. The number of allylic oxidation sites excluding steroid dienone is 1. The van der Waals surface area contributed by atoms with Crippen LogP contribution in [0.2, 0.25) is 0 Å². The van der Waals surface area contributed by atoms with Crippen LogP contribution in [0.25, 0.3) is 94.7 Å². The second-order valence-electron chi connectivity index (χ2n) is 13.6. The average molecular weight is 666 g/mol. The summed E-state index contributed by atoms with van der Waals surface area (Å²) in [6.07, 6.45) is 6.62. The Morgan fingerprint density at radius 2 is 1.06 bits per heavy atom. The Balaban J connectivity index is 1.27. The van der Waals surface area contributed by atoms with Gasteiger partial charge in [-0.1, -0.05) is 127 Å². The van der Waals surface area contributed by atoms with E-state index in [1.807, 2.05) is 0 Å². The van der Waals surface area contributed by atoms with Gasteiger partial charge in [0, 0.05) is 38.7 Å². The monoisotopic (exact) mass is 665 g/mol. The Labute approximate surface area is 299 Å². The third kappa shape index (κ3) is 4.39. The van der Waals surface area contributed by atoms with Gasteiger partial charge in [0.25, 0.3) is 0 Å². The number of hydrogen-bond acceptors (Lipinski definition) is 3. The first-order chi connectivity index (χ1) is 25.8. The highest BCUT2D eigenvalue weighted by Gasteiger charge is 2.25. The van der Waals surface area contributed by atoms with Crippen molar-refractivity contribution >= 4 is 60.3 Å². The van der Waals surface area contributed by atoms with Crippen LogP contribution in [0.3, 0.4) is 0 Å². The molecule has 0 saturated heterocycles. The molecule has 0 saturated carbocycles. The smallest absolute Gasteiger partial charge is 0.238 e. The fourth-order valence-corrected chi connectivity index (χ4v) is 8.20. The summed E-state index contributed by atoms with van der Waals surface area (Å²) in [4.78, 5) is 15.9. The predicted molar refractivity (Wildman–Crippen MR) is 214 cm³/mol. The molecular weight excluding hydrogens is 635 g/mol. The van der Waals surface area contributed by atoms with Gasteiger partial charge in [-0.05, 0) is 76.4 Å². The van der Waals surface area contributed by atoms with E-state index in [2.05, 4.69) is 173 Å². The number of benzene rings is 7. The summed E-state index contributed by atoms with van der Waals surface area (Å²) in [5.74, 6) is 1.87. The van der Waals surface area contributed by atoms with Crippen molar-refractivity contribution in [2.75, 3.05) is 0 Å². The quantitative estimate of drug-likeness (QED) is 0.188. The highest BCUT2D eigenvalue weighted by molar-refractivity contribution is 6.19. The van der Waals surface area contributed by atoms with Crippen LogP contribution in [-0.4, -0.2) is 24.1 Å². The molecule has 10 aromatic rings. The molecule has 0 aliphatic heterocycles. The van der Waals surface area contributed by atoms with Gasteiger partial charge in [0.1, 0.15) is 0 Å². The summed E-state index contributed by atoms with van der Waals surface area (Å²) in [5.41, 5.74) is 8.95. The van der Waals surface area contributed by atoms with Gasteiger partial charge in [0.15, 0.2) is 11.6 Å². The van der Waals surface area contributed by atoms with Crippen LogP contribution >= 0.6 is 0 Å². The van der Waals surface area contributed by atoms with Crippen molar-refractivity contribution in [3.05, 3.63) is 169 Å². The Kier molecular flexibility index (Phi) is 6.31. The summed E-state index contributed by atoms with van der Waals surface area (Å²) in [6.45, 7) is 0. The minimum Gasteiger partial charge on any atom is -0.308 e. The van der Waals surface area contributed by atoms with Gasteiger partial charge in [-0.2, -0.15) is 9.97 Å². The molecule has 0 radical (unpaired) electrons. The van der Waals surface area contributed by atoms with Gasteiger partial charge in [-0.3, -0.25) is 4.57 Å². The van der Waals surface area contributed by atoms with E-state index >= 15 is 0 Å². The van der Waals surface area contributed by atoms with E-state index in [0.717, 1.165) is 62.4 Å². The average Bonchev–Trinajstić information content (AvgIpc) is 3.74. The Bertz CT molecular complexity index is 2980. The number of aryl methyl sites for hydroxylation is 1. The van der Waals surface area contributed by atoms with Crippen LogP contribution in [0.5, 0.6) is 0 Å². The number of nitrogens with zero attached hydrogens (tertiary/aromatic N) is 5. The lowest BCUT2D eigenvalue weighted by molar-refractivity contribution is 0.951. The molecule has 3 heterocycles. The molecule has 0 bridgehead atoms. The van der Waals surface area contributed by atoms with E-state index < -0.39 is 0 Å². The predicted octanol–water partition coefficient (Wildman–Crippen LogP) is 11.5. The fraction of sp³-hybridized carbons (Fsp3) is 0.0426. The molecule has 244 valence electrons. The minimum absolute atomic E-state index is 0.592. The number of para-hydroxylation sites is 2. The van der Waals surface area contributed by atoms with Gasteiger partial charge in [-0.15, -0.1) is 0 Å². The molecule has 52 heavy (non-hydrogen) atoms. The van der Waals surface area contributed by atoms with Crippen molar-refractivity contribution in [3.8, 4) is 34.4 Å². The molecule has 1 aliphatic carbocycles. The molecule has 0 amide bonds. The molecule has 0 spiro atoms. The number of hydrogen-bond donors (Lipinski definition) is 0. The maximum Gasteiger partial charge on any atom is 0.238 e. The lowest BCUT2D eigenvalue weighted by Gasteiger charge is -2.14. The molecule has 7 aromatic carbocycles. The molecule has 3 aromatic heterocycles. The number of fused-ring (bicyclic) bond motifs is 9. The van der Waals surface area contributed by atoms with Crippen molar-refractivity contribution in [1.29, 1.82) is 0 Å². The standard InChI is InChI=1S/C47H31N5/c1-2-16-36(17-3-1)51-41-20-10-8-18-37(41)39-26-27-40-38-19-9-11-21-42(38)52(44(40)43(39)51)47-49-45(34-24-22-30-12-4-6-14-32(30)28-34)48-46(50-47)35-25-23-31-13-5-7-15-33(31)29-35/h1-7,9-17,19-29H,8,18H2. The first kappa shape index (κ1) is 28.9. The largest absolute Gasteiger partial charge is 0.308 e. The van der Waals surface area contributed by atoms with Gasteiger partial charge in [-0.25, -0.2) is 4.98 Å². The molecule has 0 atom stereocenters. The van der Waals surface area contributed by atoms with E-state index in [1.165, 1.54) is 32.8 Å². The lowest BCUT2D eigenvalue weighted by Crippen LogP contribution is -2.07. The van der Waals surface area contributed by atoms with Crippen LogP contribution in [0.4, 0.5) is 0 Å². The molecule has 0 unspecified atom stereocenters. The van der Waals surface area contributed by atoms with E-state index in [-0.39, 0.29) is 0 Å². The maximum absolute atomic E-state index is 5.35. The van der Waals surface area contributed by atoms with Crippen LogP contribution in [0.15, 0.2) is 158 Å². The maximum atomic E-state index is 5.35. The second-order valence-corrected chi connectivity index (χ2v) is 13.6. The number of aromatic nitrogens is 5. The van der Waals surface area contributed by atoms with Crippen LogP contribution in [0, 0.1) is 0 Å². The van der Waals surface area contributed by atoms with Gasteiger partial charge in [0.05, 0.1) is 16.6 Å². The van der Waals surface area contributed by atoms with Crippen molar-refractivity contribution < 1.29 is 0 Å². The van der Waals surface area contributed by atoms with E-state index in [1.54, 1.807) is 0 Å². The van der Waals surface area contributed by atoms with Crippen LogP contribution < -0.4 is 0 Å². The van der Waals surface area contributed by atoms with E-state index in [9.17, 15) is 0 Å². The fourth-order valence-electron chi connectivity index (χ4n) is 8.20. The van der Waals surface area contributed by atoms with Gasteiger partial charge in [0.2, 0.25) is 5.95 Å². The molecule has 0 N–H and O–H groups in total. The van der Waals surface area contributed by atoms with E-state index in [4.69, 9.17) is 15.0 Å². The van der Waals surface area contributed by atoms with Crippen LogP contribution in [0.1, 0.15) is 17.7 Å². The third-order valence-corrected chi connectivity index (χ3v) is 10.6. The normalized spacial score (nSPS) is 12.8. The van der Waals surface area contributed by atoms with Gasteiger partial charge >= 0.3 is 0 Å². The summed E-state index contributed by atoms with van der Waals surface area (Å²) in [5, 5.41) is 8.24. The molecule has 0 fully saturated rings. The first-order valence-corrected chi connectivity index (χ1v) is 17.8. The molecule has 1 aliphatic rings. The Hall–Kier alpha value is -6.85. The Morgan fingerprint density at radius 1 is 0.462 bits per heavy atom. The van der Waals surface area contributed by atoms with Crippen molar-refractivity contribution in [2.45, 2.75) is 12.8 Å². The summed E-state index contributed by atoms with van der Waals surface area (Å²) in [7, 11) is 0. The Morgan fingerprint density at radius 3 is 1.77 bits per heavy atom. The number of rotatable bonds is 4. The van der Waals surface area contributed by atoms with Crippen molar-refractivity contribution in [2.24, 2.45) is 0 Å². The minimum atomic E-state index is 0.592. The van der Waals surface area contributed by atoms with Crippen LogP contribution in [-0.2, 0) is 6.42 Å². The highest BCUT2D eigenvalue weighted by Crippen LogP contribution is 2.42. The van der Waals surface area contributed by atoms with E-state index in [0.29, 0.717) is 17.6 Å². The topological polar surface area (TPSA) is 48.5 Å². The third-order valence-electron chi connectivity index (χ3n) is 10.6.